The number of carbonyl (C=O) groups is 1. The van der Waals surface area contributed by atoms with E-state index < -0.39 is 12.1 Å². The molecule has 0 atom stereocenters. The Balaban J connectivity index is 0.000000270. The third kappa shape index (κ3) is 5.86. The molecule has 0 amide bonds. The van der Waals surface area contributed by atoms with Crippen molar-refractivity contribution in [1.82, 2.24) is 10.3 Å². The van der Waals surface area contributed by atoms with Crippen molar-refractivity contribution in [1.29, 1.82) is 0 Å². The first-order valence-electron chi connectivity index (χ1n) is 6.10. The normalized spacial score (nSPS) is 15.0. The van der Waals surface area contributed by atoms with Crippen LogP contribution in [0.4, 0.5) is 18.9 Å². The summed E-state index contributed by atoms with van der Waals surface area (Å²) in [6.45, 7) is 4.19. The predicted octanol–water partition coefficient (Wildman–Crippen LogP) is 1.13. The number of piperazine rings is 1. The summed E-state index contributed by atoms with van der Waals surface area (Å²) in [6.07, 6.45) is -3.22. The number of alkyl halides is 3. The van der Waals surface area contributed by atoms with Crippen molar-refractivity contribution in [2.75, 3.05) is 38.2 Å². The molecular formula is C12H16F3N3O3. The number of aliphatic carboxylic acids is 1. The Hall–Kier alpha value is -2.03. The molecule has 0 aliphatic carbocycles. The van der Waals surface area contributed by atoms with Gasteiger partial charge in [-0.05, 0) is 6.07 Å². The molecule has 6 nitrogen and oxygen atoms in total. The summed E-state index contributed by atoms with van der Waals surface area (Å²) in [5.74, 6) is -2.09. The molecule has 1 aliphatic rings. The monoisotopic (exact) mass is 307 g/mol. The van der Waals surface area contributed by atoms with E-state index in [1.165, 1.54) is 5.69 Å². The van der Waals surface area contributed by atoms with Gasteiger partial charge < -0.3 is 20.1 Å². The van der Waals surface area contributed by atoms with Gasteiger partial charge in [-0.25, -0.2) is 9.78 Å². The van der Waals surface area contributed by atoms with E-state index in [9.17, 15) is 13.2 Å². The number of anilines is 1. The molecule has 21 heavy (non-hydrogen) atoms. The van der Waals surface area contributed by atoms with Crippen LogP contribution in [-0.4, -0.2) is 55.5 Å². The van der Waals surface area contributed by atoms with Crippen molar-refractivity contribution in [2.24, 2.45) is 0 Å². The standard InChI is InChI=1S/C10H15N3O.C2HF3O2/c1-14-10-3-2-9(8-12-10)13-6-4-11-5-7-13;3-2(4,5)1(6)7/h2-3,8,11H,4-7H2,1H3;(H,6,7). The van der Waals surface area contributed by atoms with Gasteiger partial charge in [0, 0.05) is 32.2 Å². The Labute approximate surface area is 119 Å². The highest BCUT2D eigenvalue weighted by Gasteiger charge is 2.38. The van der Waals surface area contributed by atoms with E-state index in [0.29, 0.717) is 5.88 Å². The largest absolute Gasteiger partial charge is 0.490 e. The molecule has 1 fully saturated rings. The Morgan fingerprint density at radius 2 is 1.95 bits per heavy atom. The van der Waals surface area contributed by atoms with Gasteiger partial charge in [0.25, 0.3) is 0 Å². The maximum absolute atomic E-state index is 10.6. The summed E-state index contributed by atoms with van der Waals surface area (Å²) in [4.78, 5) is 15.4. The molecule has 0 saturated carbocycles. The number of halogens is 3. The summed E-state index contributed by atoms with van der Waals surface area (Å²) in [6, 6.07) is 3.95. The number of carboxylic acids is 1. The molecule has 0 spiro atoms. The van der Waals surface area contributed by atoms with Crippen LogP contribution >= 0.6 is 0 Å². The Morgan fingerprint density at radius 3 is 2.33 bits per heavy atom. The fraction of sp³-hybridized carbons (Fsp3) is 0.500. The lowest BCUT2D eigenvalue weighted by molar-refractivity contribution is -0.192. The van der Waals surface area contributed by atoms with E-state index in [0.717, 1.165) is 26.2 Å². The summed E-state index contributed by atoms with van der Waals surface area (Å²) in [5, 5.41) is 10.4. The van der Waals surface area contributed by atoms with Crippen molar-refractivity contribution < 1.29 is 27.8 Å². The second kappa shape index (κ2) is 7.67. The smallest absolute Gasteiger partial charge is 0.481 e. The van der Waals surface area contributed by atoms with Crippen LogP contribution in [0.5, 0.6) is 5.88 Å². The van der Waals surface area contributed by atoms with Crippen LogP contribution in [0, 0.1) is 0 Å². The van der Waals surface area contributed by atoms with Crippen LogP contribution in [0.15, 0.2) is 18.3 Å². The summed E-state index contributed by atoms with van der Waals surface area (Å²) in [5.41, 5.74) is 1.17. The van der Waals surface area contributed by atoms with E-state index >= 15 is 0 Å². The lowest BCUT2D eigenvalue weighted by Gasteiger charge is -2.29. The topological polar surface area (TPSA) is 74.7 Å². The molecule has 1 aliphatic heterocycles. The third-order valence-corrected chi connectivity index (χ3v) is 2.65. The van der Waals surface area contributed by atoms with Crippen molar-refractivity contribution >= 4 is 11.7 Å². The minimum Gasteiger partial charge on any atom is -0.481 e. The number of pyridine rings is 1. The minimum absolute atomic E-state index is 0.670. The summed E-state index contributed by atoms with van der Waals surface area (Å²) >= 11 is 0. The van der Waals surface area contributed by atoms with Gasteiger partial charge >= 0.3 is 12.1 Å². The number of nitrogens with one attached hydrogen (secondary N) is 1. The van der Waals surface area contributed by atoms with Crippen LogP contribution in [0.2, 0.25) is 0 Å². The highest BCUT2D eigenvalue weighted by Crippen LogP contribution is 2.16. The van der Waals surface area contributed by atoms with Crippen molar-refractivity contribution in [2.45, 2.75) is 6.18 Å². The quantitative estimate of drug-likeness (QED) is 0.853. The maximum Gasteiger partial charge on any atom is 0.490 e. The molecular weight excluding hydrogens is 291 g/mol. The zero-order chi connectivity index (χ0) is 15.9. The van der Waals surface area contributed by atoms with Crippen molar-refractivity contribution in [3.8, 4) is 5.88 Å². The van der Waals surface area contributed by atoms with Gasteiger partial charge in [-0.2, -0.15) is 13.2 Å². The van der Waals surface area contributed by atoms with Gasteiger partial charge in [0.15, 0.2) is 0 Å². The van der Waals surface area contributed by atoms with Crippen molar-refractivity contribution in [3.63, 3.8) is 0 Å². The van der Waals surface area contributed by atoms with E-state index in [1.807, 2.05) is 12.3 Å². The van der Waals surface area contributed by atoms with E-state index in [1.54, 1.807) is 7.11 Å². The fourth-order valence-electron chi connectivity index (χ4n) is 1.60. The van der Waals surface area contributed by atoms with Crippen LogP contribution in [0.3, 0.4) is 0 Å². The first kappa shape index (κ1) is 17.0. The second-order valence-corrected chi connectivity index (χ2v) is 4.10. The Morgan fingerprint density at radius 1 is 1.38 bits per heavy atom. The number of carboxylic acid groups (broad SMARTS) is 1. The molecule has 0 radical (unpaired) electrons. The van der Waals surface area contributed by atoms with Gasteiger partial charge in [0.1, 0.15) is 0 Å². The highest BCUT2D eigenvalue weighted by atomic mass is 19.4. The lowest BCUT2D eigenvalue weighted by atomic mass is 10.3. The molecule has 1 saturated heterocycles. The van der Waals surface area contributed by atoms with Crippen LogP contribution in [0.1, 0.15) is 0 Å². The second-order valence-electron chi connectivity index (χ2n) is 4.10. The predicted molar refractivity (Wildman–Crippen MR) is 69.6 cm³/mol. The first-order valence-corrected chi connectivity index (χ1v) is 6.10. The zero-order valence-corrected chi connectivity index (χ0v) is 11.4. The minimum atomic E-state index is -5.08. The third-order valence-electron chi connectivity index (χ3n) is 2.65. The molecule has 9 heteroatoms. The van der Waals surface area contributed by atoms with Crippen LogP contribution in [0.25, 0.3) is 0 Å². The fourth-order valence-corrected chi connectivity index (χ4v) is 1.60. The molecule has 2 rings (SSSR count). The number of rotatable bonds is 2. The van der Waals surface area contributed by atoms with Crippen LogP contribution in [-0.2, 0) is 4.79 Å². The average Bonchev–Trinajstić information content (AvgIpc) is 2.48. The molecule has 0 unspecified atom stereocenters. The van der Waals surface area contributed by atoms with Gasteiger partial charge in [-0.3, -0.25) is 0 Å². The highest BCUT2D eigenvalue weighted by molar-refractivity contribution is 5.73. The van der Waals surface area contributed by atoms with Crippen LogP contribution < -0.4 is 15.0 Å². The average molecular weight is 307 g/mol. The molecule has 0 aromatic carbocycles. The SMILES string of the molecule is COc1ccc(N2CCNCC2)cn1.O=C(O)C(F)(F)F. The number of hydrogen-bond acceptors (Lipinski definition) is 5. The number of nitrogens with zero attached hydrogens (tertiary/aromatic N) is 2. The number of aromatic nitrogens is 1. The lowest BCUT2D eigenvalue weighted by Crippen LogP contribution is -2.43. The van der Waals surface area contributed by atoms with E-state index in [2.05, 4.69) is 21.3 Å². The van der Waals surface area contributed by atoms with Gasteiger partial charge in [0.2, 0.25) is 5.88 Å². The molecule has 1 aromatic heterocycles. The number of ether oxygens (including phenoxy) is 1. The summed E-state index contributed by atoms with van der Waals surface area (Å²) in [7, 11) is 1.63. The maximum atomic E-state index is 10.6. The molecule has 2 N–H and O–H groups in total. The molecule has 118 valence electrons. The zero-order valence-electron chi connectivity index (χ0n) is 11.4. The van der Waals surface area contributed by atoms with Gasteiger partial charge in [-0.1, -0.05) is 0 Å². The van der Waals surface area contributed by atoms with E-state index in [-0.39, 0.29) is 0 Å². The Kier molecular flexibility index (Phi) is 6.22. The first-order chi connectivity index (χ1) is 9.84. The number of hydrogen-bond donors (Lipinski definition) is 2. The number of methoxy groups -OCH3 is 1. The van der Waals surface area contributed by atoms with E-state index in [4.69, 9.17) is 14.6 Å². The molecule has 2 heterocycles. The molecule has 1 aromatic rings. The van der Waals surface area contributed by atoms with Gasteiger partial charge in [-0.15, -0.1) is 0 Å². The Bertz CT molecular complexity index is 445. The van der Waals surface area contributed by atoms with Crippen molar-refractivity contribution in [3.05, 3.63) is 18.3 Å². The molecule has 0 bridgehead atoms. The summed E-state index contributed by atoms with van der Waals surface area (Å²) < 4.78 is 36.8. The van der Waals surface area contributed by atoms with Gasteiger partial charge in [0.05, 0.1) is 19.0 Å².